The van der Waals surface area contributed by atoms with Crippen LogP contribution in [0.4, 0.5) is 5.69 Å². The van der Waals surface area contributed by atoms with E-state index in [1.54, 1.807) is 19.1 Å². The number of rotatable bonds is 4. The normalized spacial score (nSPS) is 11.3. The maximum atomic E-state index is 11.3. The average Bonchev–Trinajstić information content (AvgIpc) is 2.02. The molecule has 1 aromatic rings. The Hall–Kier alpha value is -0.660. The number of nitrogens with one attached hydrogen (secondary N) is 2. The lowest BCUT2D eigenvalue weighted by molar-refractivity contribution is 0.589. The standard InChI is InChI=1S/C7H10BrN3O2S/c1-2-10-14(12,13)11-6-3-4-9-7(8)5-6/h3-5,10H,2H2,1H3,(H,9,11). The Labute approximate surface area is 91.2 Å². The largest absolute Gasteiger partial charge is 0.299 e. The average molecular weight is 280 g/mol. The molecule has 78 valence electrons. The maximum absolute atomic E-state index is 11.3. The van der Waals surface area contributed by atoms with Crippen molar-refractivity contribution in [1.29, 1.82) is 0 Å². The lowest BCUT2D eigenvalue weighted by atomic mass is 10.4. The molecule has 0 saturated heterocycles. The van der Waals surface area contributed by atoms with Gasteiger partial charge in [-0.3, -0.25) is 4.72 Å². The van der Waals surface area contributed by atoms with E-state index in [0.717, 1.165) is 0 Å². The Morgan fingerprint density at radius 3 is 2.86 bits per heavy atom. The lowest BCUT2D eigenvalue weighted by Crippen LogP contribution is -2.29. The molecule has 1 aromatic heterocycles. The summed E-state index contributed by atoms with van der Waals surface area (Å²) in [4.78, 5) is 3.88. The van der Waals surface area contributed by atoms with Crippen LogP contribution in [0.25, 0.3) is 0 Å². The van der Waals surface area contributed by atoms with E-state index in [0.29, 0.717) is 16.8 Å². The molecule has 0 aliphatic rings. The van der Waals surface area contributed by atoms with Gasteiger partial charge < -0.3 is 0 Å². The van der Waals surface area contributed by atoms with Gasteiger partial charge in [0, 0.05) is 12.7 Å². The van der Waals surface area contributed by atoms with Gasteiger partial charge in [-0.25, -0.2) is 4.98 Å². The van der Waals surface area contributed by atoms with Crippen LogP contribution in [0.3, 0.4) is 0 Å². The van der Waals surface area contributed by atoms with Crippen LogP contribution in [-0.2, 0) is 10.2 Å². The summed E-state index contributed by atoms with van der Waals surface area (Å²) in [6.45, 7) is 2.06. The Kier molecular flexibility index (Phi) is 3.85. The number of hydrogen-bond acceptors (Lipinski definition) is 3. The van der Waals surface area contributed by atoms with Gasteiger partial charge in [0.2, 0.25) is 0 Å². The van der Waals surface area contributed by atoms with Crippen LogP contribution in [0.15, 0.2) is 22.9 Å². The van der Waals surface area contributed by atoms with E-state index in [4.69, 9.17) is 0 Å². The van der Waals surface area contributed by atoms with Gasteiger partial charge in [0.05, 0.1) is 5.69 Å². The van der Waals surface area contributed by atoms with Gasteiger partial charge in [-0.05, 0) is 28.1 Å². The Morgan fingerprint density at radius 1 is 1.57 bits per heavy atom. The van der Waals surface area contributed by atoms with Gasteiger partial charge in [0.25, 0.3) is 10.2 Å². The summed E-state index contributed by atoms with van der Waals surface area (Å²) in [5.41, 5.74) is 0.466. The van der Waals surface area contributed by atoms with Crippen LogP contribution in [0, 0.1) is 0 Å². The molecule has 0 fully saturated rings. The minimum absolute atomic E-state index is 0.349. The Bertz CT molecular complexity index is 407. The molecule has 0 unspecified atom stereocenters. The summed E-state index contributed by atoms with van der Waals surface area (Å²) >= 11 is 3.14. The number of anilines is 1. The van der Waals surface area contributed by atoms with Crippen LogP contribution < -0.4 is 9.44 Å². The second-order valence-corrected chi connectivity index (χ2v) is 4.78. The van der Waals surface area contributed by atoms with Crippen molar-refractivity contribution in [2.75, 3.05) is 11.3 Å². The first-order chi connectivity index (χ1) is 6.53. The summed E-state index contributed by atoms with van der Waals surface area (Å²) < 4.78 is 27.8. The van der Waals surface area contributed by atoms with Crippen molar-refractivity contribution in [1.82, 2.24) is 9.71 Å². The number of halogens is 1. The van der Waals surface area contributed by atoms with Crippen molar-refractivity contribution in [3.05, 3.63) is 22.9 Å². The molecule has 0 amide bonds. The first-order valence-electron chi connectivity index (χ1n) is 3.92. The molecule has 0 aliphatic carbocycles. The fraction of sp³-hybridized carbons (Fsp3) is 0.286. The van der Waals surface area contributed by atoms with E-state index in [1.807, 2.05) is 0 Å². The van der Waals surface area contributed by atoms with Crippen LogP contribution in [-0.4, -0.2) is 19.9 Å². The van der Waals surface area contributed by atoms with Crippen molar-refractivity contribution in [2.45, 2.75) is 6.92 Å². The van der Waals surface area contributed by atoms with E-state index in [-0.39, 0.29) is 0 Å². The van der Waals surface area contributed by atoms with Crippen LogP contribution in [0.2, 0.25) is 0 Å². The molecule has 0 spiro atoms. The highest BCUT2D eigenvalue weighted by atomic mass is 79.9. The second kappa shape index (κ2) is 4.72. The van der Waals surface area contributed by atoms with Gasteiger partial charge >= 0.3 is 0 Å². The van der Waals surface area contributed by atoms with Crippen molar-refractivity contribution >= 4 is 31.8 Å². The predicted molar refractivity (Wildman–Crippen MR) is 58.2 cm³/mol. The minimum atomic E-state index is -3.45. The topological polar surface area (TPSA) is 71.1 Å². The zero-order valence-electron chi connectivity index (χ0n) is 7.49. The molecule has 1 rings (SSSR count). The first kappa shape index (κ1) is 11.4. The van der Waals surface area contributed by atoms with Crippen molar-refractivity contribution in [2.24, 2.45) is 0 Å². The summed E-state index contributed by atoms with van der Waals surface area (Å²) in [7, 11) is -3.45. The molecule has 7 heteroatoms. The van der Waals surface area contributed by atoms with E-state index in [9.17, 15) is 8.42 Å². The molecular weight excluding hydrogens is 270 g/mol. The fourth-order valence-corrected chi connectivity index (χ4v) is 2.10. The molecular formula is C7H10BrN3O2S. The van der Waals surface area contributed by atoms with E-state index >= 15 is 0 Å². The fourth-order valence-electron chi connectivity index (χ4n) is 0.847. The van der Waals surface area contributed by atoms with Crippen LogP contribution >= 0.6 is 15.9 Å². The van der Waals surface area contributed by atoms with Gasteiger partial charge in [0.15, 0.2) is 0 Å². The number of aromatic nitrogens is 1. The molecule has 0 atom stereocenters. The maximum Gasteiger partial charge on any atom is 0.299 e. The molecule has 0 saturated carbocycles. The van der Waals surface area contributed by atoms with Gasteiger partial charge in [0.1, 0.15) is 4.60 Å². The predicted octanol–water partition coefficient (Wildman–Crippen LogP) is 1.11. The summed E-state index contributed by atoms with van der Waals surface area (Å²) in [5.74, 6) is 0. The third-order valence-electron chi connectivity index (χ3n) is 1.31. The highest BCUT2D eigenvalue weighted by Gasteiger charge is 2.07. The molecule has 0 bridgehead atoms. The third kappa shape index (κ3) is 3.60. The van der Waals surface area contributed by atoms with Gasteiger partial charge in [-0.1, -0.05) is 6.92 Å². The van der Waals surface area contributed by atoms with E-state index in [2.05, 4.69) is 30.4 Å². The van der Waals surface area contributed by atoms with Gasteiger partial charge in [-0.2, -0.15) is 13.1 Å². The highest BCUT2D eigenvalue weighted by molar-refractivity contribution is 9.10. The Balaban J connectivity index is 2.79. The summed E-state index contributed by atoms with van der Waals surface area (Å²) in [6, 6.07) is 3.15. The first-order valence-corrected chi connectivity index (χ1v) is 6.20. The number of hydrogen-bond donors (Lipinski definition) is 2. The van der Waals surface area contributed by atoms with E-state index in [1.165, 1.54) is 6.20 Å². The molecule has 0 aliphatic heterocycles. The van der Waals surface area contributed by atoms with Crippen molar-refractivity contribution < 1.29 is 8.42 Å². The van der Waals surface area contributed by atoms with Crippen LogP contribution in [0.5, 0.6) is 0 Å². The SMILES string of the molecule is CCNS(=O)(=O)Nc1ccnc(Br)c1. The zero-order valence-corrected chi connectivity index (χ0v) is 9.89. The monoisotopic (exact) mass is 279 g/mol. The van der Waals surface area contributed by atoms with Crippen molar-refractivity contribution in [3.8, 4) is 0 Å². The summed E-state index contributed by atoms with van der Waals surface area (Å²) in [5, 5.41) is 0. The molecule has 2 N–H and O–H groups in total. The number of pyridine rings is 1. The smallest absolute Gasteiger partial charge is 0.271 e. The zero-order chi connectivity index (χ0) is 10.6. The minimum Gasteiger partial charge on any atom is -0.271 e. The molecule has 0 radical (unpaired) electrons. The van der Waals surface area contributed by atoms with Crippen molar-refractivity contribution in [3.63, 3.8) is 0 Å². The molecule has 5 nitrogen and oxygen atoms in total. The van der Waals surface area contributed by atoms with Crippen LogP contribution in [0.1, 0.15) is 6.92 Å². The van der Waals surface area contributed by atoms with E-state index < -0.39 is 10.2 Å². The quantitative estimate of drug-likeness (QED) is 0.812. The summed E-state index contributed by atoms with van der Waals surface area (Å²) in [6.07, 6.45) is 1.51. The second-order valence-electron chi connectivity index (χ2n) is 2.47. The molecule has 14 heavy (non-hydrogen) atoms. The Morgan fingerprint density at radius 2 is 2.29 bits per heavy atom. The lowest BCUT2D eigenvalue weighted by Gasteiger charge is -2.07. The third-order valence-corrected chi connectivity index (χ3v) is 2.92. The molecule has 1 heterocycles. The molecule has 0 aromatic carbocycles. The highest BCUT2D eigenvalue weighted by Crippen LogP contribution is 2.13. The van der Waals surface area contributed by atoms with Gasteiger partial charge in [-0.15, -0.1) is 0 Å². The number of nitrogens with zero attached hydrogens (tertiary/aromatic N) is 1.